The molecule has 0 radical (unpaired) electrons. The van der Waals surface area contributed by atoms with Gasteiger partial charge in [-0.2, -0.15) is 0 Å². The third kappa shape index (κ3) is 10.1. The van der Waals surface area contributed by atoms with E-state index in [1.165, 1.54) is 36.8 Å². The summed E-state index contributed by atoms with van der Waals surface area (Å²) in [6.07, 6.45) is 3.22. The molecule has 12 N–H and O–H groups in total. The molecule has 1 aromatic heterocycles. The van der Waals surface area contributed by atoms with Gasteiger partial charge >= 0.3 is 5.97 Å². The second-order valence-electron chi connectivity index (χ2n) is 8.39. The summed E-state index contributed by atoms with van der Waals surface area (Å²) in [6.45, 7) is -0.188. The van der Waals surface area contributed by atoms with E-state index >= 15 is 0 Å². The molecule has 1 aromatic carbocycles. The van der Waals surface area contributed by atoms with Crippen LogP contribution in [0.3, 0.4) is 0 Å². The van der Waals surface area contributed by atoms with Crippen LogP contribution in [0.2, 0.25) is 0 Å². The minimum absolute atomic E-state index is 0.0135. The Labute approximate surface area is 218 Å². The number of aromatic amines is 1. The van der Waals surface area contributed by atoms with Crippen molar-refractivity contribution < 1.29 is 29.4 Å². The van der Waals surface area contributed by atoms with Crippen LogP contribution in [0.15, 0.2) is 41.8 Å². The number of aromatic hydroxyl groups is 1. The Morgan fingerprint density at radius 1 is 0.974 bits per heavy atom. The molecule has 0 aliphatic rings. The van der Waals surface area contributed by atoms with Crippen molar-refractivity contribution in [3.8, 4) is 5.75 Å². The number of aliphatic imine (C=N–C) groups is 1. The predicted octanol–water partition coefficient (Wildman–Crippen LogP) is -2.55. The highest BCUT2D eigenvalue weighted by molar-refractivity contribution is 5.93. The van der Waals surface area contributed by atoms with E-state index in [4.69, 9.17) is 17.2 Å². The first kappa shape index (κ1) is 29.6. The number of hydrogen-bond donors (Lipinski definition) is 9. The van der Waals surface area contributed by atoms with Crippen LogP contribution < -0.4 is 33.2 Å². The third-order valence-corrected chi connectivity index (χ3v) is 5.39. The summed E-state index contributed by atoms with van der Waals surface area (Å²) in [6, 6.07) is 2.29. The van der Waals surface area contributed by atoms with Crippen molar-refractivity contribution in [3.05, 3.63) is 48.0 Å². The maximum atomic E-state index is 13.1. The van der Waals surface area contributed by atoms with E-state index in [0.29, 0.717) is 11.3 Å². The SMILES string of the molecule is NCC(=O)NC(Cc1cnc[nH]1)C(=O)NC(CCCN=C(N)N)C(=O)NC(Cc1ccc(O)cc1)C(=O)O. The molecule has 0 aliphatic heterocycles. The number of guanidine groups is 1. The number of phenolic OH excluding ortho intramolecular Hbond substituents is 1. The zero-order valence-electron chi connectivity index (χ0n) is 20.6. The number of amides is 3. The maximum Gasteiger partial charge on any atom is 0.326 e. The Hall–Kier alpha value is -4.66. The van der Waals surface area contributed by atoms with Crippen molar-refractivity contribution in [1.29, 1.82) is 0 Å². The summed E-state index contributed by atoms with van der Waals surface area (Å²) in [5.41, 5.74) is 17.2. The number of imidazole rings is 1. The van der Waals surface area contributed by atoms with Crippen LogP contribution >= 0.6 is 0 Å². The summed E-state index contributed by atoms with van der Waals surface area (Å²) >= 11 is 0. The second-order valence-corrected chi connectivity index (χ2v) is 8.39. The Morgan fingerprint density at radius 3 is 2.21 bits per heavy atom. The molecule has 0 spiro atoms. The fraction of sp³-hybridized carbons (Fsp3) is 0.391. The number of nitrogens with two attached hydrogens (primary N) is 3. The summed E-state index contributed by atoms with van der Waals surface area (Å²) in [5.74, 6) is -3.44. The van der Waals surface area contributed by atoms with Gasteiger partial charge in [0.05, 0.1) is 12.9 Å². The third-order valence-electron chi connectivity index (χ3n) is 5.39. The number of carbonyl (C=O) groups is 4. The lowest BCUT2D eigenvalue weighted by Crippen LogP contribution is -2.57. The van der Waals surface area contributed by atoms with Crippen LogP contribution in [0.4, 0.5) is 0 Å². The fourth-order valence-electron chi connectivity index (χ4n) is 3.46. The Balaban J connectivity index is 2.18. The first-order valence-corrected chi connectivity index (χ1v) is 11.7. The molecule has 15 nitrogen and oxygen atoms in total. The maximum absolute atomic E-state index is 13.1. The number of H-pyrrole nitrogens is 1. The van der Waals surface area contributed by atoms with Gasteiger partial charge in [0.25, 0.3) is 0 Å². The molecule has 0 aliphatic carbocycles. The van der Waals surface area contributed by atoms with E-state index < -0.39 is 41.8 Å². The Morgan fingerprint density at radius 2 is 1.63 bits per heavy atom. The van der Waals surface area contributed by atoms with Gasteiger partial charge in [-0.05, 0) is 30.5 Å². The highest BCUT2D eigenvalue weighted by Crippen LogP contribution is 2.12. The van der Waals surface area contributed by atoms with Crippen LogP contribution in [0.5, 0.6) is 5.75 Å². The summed E-state index contributed by atoms with van der Waals surface area (Å²) in [4.78, 5) is 60.6. The zero-order valence-corrected chi connectivity index (χ0v) is 20.6. The first-order valence-electron chi connectivity index (χ1n) is 11.7. The van der Waals surface area contributed by atoms with E-state index in [0.717, 1.165) is 0 Å². The molecule has 0 fully saturated rings. The van der Waals surface area contributed by atoms with Crippen molar-refractivity contribution in [2.75, 3.05) is 13.1 Å². The van der Waals surface area contributed by atoms with Gasteiger partial charge in [0.2, 0.25) is 17.7 Å². The lowest BCUT2D eigenvalue weighted by atomic mass is 10.0. The Kier molecular flexibility index (Phi) is 11.5. The molecular formula is C23H33N9O6. The molecule has 0 saturated carbocycles. The largest absolute Gasteiger partial charge is 0.508 e. The standard InChI is InChI=1S/C23H33N9O6/c24-10-19(34)30-17(9-14-11-27-12-29-14)21(36)31-16(2-1-7-28-23(25)26)20(35)32-18(22(37)38)8-13-3-5-15(33)6-4-13/h3-6,11-12,16-18,33H,1-2,7-10,24H2,(H,27,29)(H,30,34)(H,31,36)(H,32,35)(H,37,38)(H4,25,26,28). The van der Waals surface area contributed by atoms with Crippen molar-refractivity contribution in [1.82, 2.24) is 25.9 Å². The Bertz CT molecular complexity index is 1100. The molecule has 0 saturated heterocycles. The predicted molar refractivity (Wildman–Crippen MR) is 136 cm³/mol. The number of carboxylic acids is 1. The van der Waals surface area contributed by atoms with Crippen LogP contribution in [0, 0.1) is 0 Å². The van der Waals surface area contributed by atoms with Crippen molar-refractivity contribution in [3.63, 3.8) is 0 Å². The topological polar surface area (TPSA) is 264 Å². The highest BCUT2D eigenvalue weighted by Gasteiger charge is 2.29. The summed E-state index contributed by atoms with van der Waals surface area (Å²) in [7, 11) is 0. The molecule has 3 unspecified atom stereocenters. The van der Waals surface area contributed by atoms with Crippen molar-refractivity contribution >= 4 is 29.7 Å². The molecule has 0 bridgehead atoms. The lowest BCUT2D eigenvalue weighted by molar-refractivity contribution is -0.142. The molecule has 3 atom stereocenters. The van der Waals surface area contributed by atoms with Gasteiger partial charge in [-0.1, -0.05) is 12.1 Å². The molecule has 1 heterocycles. The zero-order chi connectivity index (χ0) is 28.1. The van der Waals surface area contributed by atoms with Gasteiger partial charge < -0.3 is 48.3 Å². The number of rotatable bonds is 15. The van der Waals surface area contributed by atoms with Crippen molar-refractivity contribution in [2.45, 2.75) is 43.8 Å². The number of aromatic nitrogens is 2. The van der Waals surface area contributed by atoms with Gasteiger partial charge in [0.1, 0.15) is 23.9 Å². The highest BCUT2D eigenvalue weighted by atomic mass is 16.4. The number of aliphatic carboxylic acids is 1. The average Bonchev–Trinajstić information content (AvgIpc) is 3.39. The molecule has 2 aromatic rings. The van der Waals surface area contributed by atoms with Crippen LogP contribution in [0.1, 0.15) is 24.1 Å². The molecule has 2 rings (SSSR count). The van der Waals surface area contributed by atoms with Gasteiger partial charge in [-0.3, -0.25) is 19.4 Å². The summed E-state index contributed by atoms with van der Waals surface area (Å²) < 4.78 is 0. The van der Waals surface area contributed by atoms with Gasteiger partial charge in [0.15, 0.2) is 5.96 Å². The normalized spacial score (nSPS) is 13.0. The van der Waals surface area contributed by atoms with E-state index in [-0.39, 0.29) is 50.5 Å². The minimum Gasteiger partial charge on any atom is -0.508 e. The van der Waals surface area contributed by atoms with Gasteiger partial charge in [0, 0.05) is 31.3 Å². The van der Waals surface area contributed by atoms with E-state index in [1.807, 2.05) is 0 Å². The minimum atomic E-state index is -1.32. The number of phenols is 1. The molecular weight excluding hydrogens is 498 g/mol. The monoisotopic (exact) mass is 531 g/mol. The van der Waals surface area contributed by atoms with Crippen molar-refractivity contribution in [2.24, 2.45) is 22.2 Å². The first-order chi connectivity index (χ1) is 18.1. The van der Waals surface area contributed by atoms with E-state index in [1.54, 1.807) is 0 Å². The second kappa shape index (κ2) is 14.8. The van der Waals surface area contributed by atoms with E-state index in [2.05, 4.69) is 30.9 Å². The van der Waals surface area contributed by atoms with Gasteiger partial charge in [-0.15, -0.1) is 0 Å². The molecule has 206 valence electrons. The number of nitrogens with one attached hydrogen (secondary N) is 4. The smallest absolute Gasteiger partial charge is 0.326 e. The number of benzene rings is 1. The molecule has 3 amide bonds. The van der Waals surface area contributed by atoms with Gasteiger partial charge in [-0.25, -0.2) is 9.78 Å². The van der Waals surface area contributed by atoms with E-state index in [9.17, 15) is 29.4 Å². The van der Waals surface area contributed by atoms with Crippen LogP contribution in [-0.2, 0) is 32.0 Å². The average molecular weight is 532 g/mol. The number of carbonyl (C=O) groups excluding carboxylic acids is 3. The molecule has 15 heteroatoms. The quantitative estimate of drug-likeness (QED) is 0.0659. The number of carboxylic acid groups (broad SMARTS) is 1. The molecule has 38 heavy (non-hydrogen) atoms. The van der Waals surface area contributed by atoms with Crippen LogP contribution in [0.25, 0.3) is 0 Å². The fourth-order valence-corrected chi connectivity index (χ4v) is 3.46. The number of nitrogens with zero attached hydrogens (tertiary/aromatic N) is 2. The van der Waals surface area contributed by atoms with Crippen LogP contribution in [-0.4, -0.2) is 81.0 Å². The number of hydrogen-bond acceptors (Lipinski definition) is 8. The summed E-state index contributed by atoms with van der Waals surface area (Å²) in [5, 5.41) is 26.6. The lowest BCUT2D eigenvalue weighted by Gasteiger charge is -2.24.